The molecule has 0 aliphatic heterocycles. The van der Waals surface area contributed by atoms with Crippen LogP contribution in [0.4, 0.5) is 14.4 Å². The second-order valence-corrected chi connectivity index (χ2v) is 13.6. The van der Waals surface area contributed by atoms with Crippen LogP contribution in [0.25, 0.3) is 0 Å². The van der Waals surface area contributed by atoms with E-state index in [2.05, 4.69) is 30.0 Å². The van der Waals surface area contributed by atoms with E-state index >= 15 is 0 Å². The first kappa shape index (κ1) is 40.2. The van der Waals surface area contributed by atoms with E-state index in [-0.39, 0.29) is 0 Å². The van der Waals surface area contributed by atoms with Crippen LogP contribution in [0.15, 0.2) is 15.5 Å². The Kier molecular flexibility index (Phi) is 20.9. The second kappa shape index (κ2) is 21.8. The number of oxime groups is 3. The zero-order valence-corrected chi connectivity index (χ0v) is 28.9. The lowest BCUT2D eigenvalue weighted by Gasteiger charge is -2.21. The van der Waals surface area contributed by atoms with E-state index in [0.717, 1.165) is 21.1 Å². The van der Waals surface area contributed by atoms with E-state index in [1.165, 1.54) is 35.3 Å². The molecule has 0 aromatic heterocycles. The highest BCUT2D eigenvalue weighted by atomic mass is 32.2. The van der Waals surface area contributed by atoms with Gasteiger partial charge >= 0.3 is 18.3 Å². The summed E-state index contributed by atoms with van der Waals surface area (Å²) in [5.74, 6) is 0. The molecule has 42 heavy (non-hydrogen) atoms. The van der Waals surface area contributed by atoms with E-state index in [0.29, 0.717) is 28.0 Å². The smallest absolute Gasteiger partial charge is 0.296 e. The van der Waals surface area contributed by atoms with Gasteiger partial charge in [-0.25, -0.2) is 39.9 Å². The molecule has 3 atom stereocenters. The summed E-state index contributed by atoms with van der Waals surface area (Å²) in [4.78, 5) is 50.1. The highest BCUT2D eigenvalue weighted by Gasteiger charge is 2.27. The van der Waals surface area contributed by atoms with Gasteiger partial charge in [0.25, 0.3) is 33.8 Å². The Morgan fingerprint density at radius 1 is 0.619 bits per heavy atom. The zero-order chi connectivity index (χ0) is 32.4. The monoisotopic (exact) mass is 716 g/mol. The summed E-state index contributed by atoms with van der Waals surface area (Å²) < 4.78 is 54.6. The Bertz CT molecular complexity index is 1040. The van der Waals surface area contributed by atoms with Gasteiger partial charge in [0.2, 0.25) is 0 Å². The molecule has 0 spiro atoms. The highest BCUT2D eigenvalue weighted by molar-refractivity contribution is 8.13. The van der Waals surface area contributed by atoms with Gasteiger partial charge in [0.1, 0.15) is 21.2 Å². The SMILES string of the molecule is CS/C(C)=N/OC(=O)N(C)S(=O)OCC(COS(=O)N(C)C(=O)O/N=C(\C)SC)OS(=O)N(C)C(=O)O/N=C(\C)SC. The van der Waals surface area contributed by atoms with Crippen molar-refractivity contribution in [2.45, 2.75) is 26.9 Å². The minimum absolute atomic E-state index is 0.405. The average Bonchev–Trinajstić information content (AvgIpc) is 2.99. The van der Waals surface area contributed by atoms with Crippen molar-refractivity contribution in [3.8, 4) is 0 Å². The fourth-order valence-electron chi connectivity index (χ4n) is 1.49. The van der Waals surface area contributed by atoms with Gasteiger partial charge in [-0.2, -0.15) is 0 Å². The molecule has 3 amide bonds. The number of hydrogen-bond donors (Lipinski definition) is 0. The number of amides is 3. The summed E-state index contributed by atoms with van der Waals surface area (Å²) in [6, 6.07) is 0. The normalized spacial score (nSPS) is 15.2. The molecule has 18 nitrogen and oxygen atoms in total. The molecule has 242 valence electrons. The maximum atomic E-state index is 12.6. The lowest BCUT2D eigenvalue weighted by molar-refractivity contribution is 0.0857. The van der Waals surface area contributed by atoms with Crippen molar-refractivity contribution < 1.29 is 54.1 Å². The fourth-order valence-corrected chi connectivity index (χ4v) is 3.61. The third-order valence-corrected chi connectivity index (χ3v) is 8.91. The van der Waals surface area contributed by atoms with Gasteiger partial charge in [-0.1, -0.05) is 15.5 Å². The van der Waals surface area contributed by atoms with Gasteiger partial charge in [-0.3, -0.25) is 27.1 Å². The quantitative estimate of drug-likeness (QED) is 0.110. The molecule has 0 saturated heterocycles. The van der Waals surface area contributed by atoms with Gasteiger partial charge in [-0.05, 0) is 39.5 Å². The molecule has 0 aromatic rings. The van der Waals surface area contributed by atoms with Crippen LogP contribution >= 0.6 is 35.3 Å². The summed E-state index contributed by atoms with van der Waals surface area (Å²) in [5.41, 5.74) is 0. The molecule has 0 N–H and O–H groups in total. The predicted molar refractivity (Wildman–Crippen MR) is 164 cm³/mol. The number of rotatable bonds is 14. The van der Waals surface area contributed by atoms with Crippen LogP contribution in [-0.2, 0) is 60.9 Å². The number of thioether (sulfide) groups is 3. The van der Waals surface area contributed by atoms with Crippen LogP contribution < -0.4 is 0 Å². The molecule has 0 saturated carbocycles. The second-order valence-electron chi connectivity index (χ2n) is 6.95. The maximum Gasteiger partial charge on any atom is 0.449 e. The van der Waals surface area contributed by atoms with Gasteiger partial charge in [0.05, 0.1) is 13.2 Å². The van der Waals surface area contributed by atoms with Crippen LogP contribution in [0, 0.1) is 0 Å². The van der Waals surface area contributed by atoms with Gasteiger partial charge < -0.3 is 0 Å². The van der Waals surface area contributed by atoms with Crippen molar-refractivity contribution in [1.82, 2.24) is 12.9 Å². The summed E-state index contributed by atoms with van der Waals surface area (Å²) in [7, 11) is 3.24. The van der Waals surface area contributed by atoms with Crippen LogP contribution in [0.1, 0.15) is 20.8 Å². The fraction of sp³-hybridized carbons (Fsp3) is 0.667. The number of nitrogens with zero attached hydrogens (tertiary/aromatic N) is 6. The molecular formula is C18H32N6O12S6. The van der Waals surface area contributed by atoms with Crippen LogP contribution in [0.3, 0.4) is 0 Å². The molecule has 0 aromatic carbocycles. The Hall–Kier alpha value is -1.80. The third-order valence-electron chi connectivity index (χ3n) is 4.01. The number of hydrogen-bond acceptors (Lipinski definition) is 18. The molecule has 0 radical (unpaired) electrons. The van der Waals surface area contributed by atoms with E-state index in [1.54, 1.807) is 39.5 Å². The maximum absolute atomic E-state index is 12.6. The first-order valence-corrected chi connectivity index (χ1v) is 17.7. The summed E-state index contributed by atoms with van der Waals surface area (Å²) in [6.45, 7) is 3.37. The van der Waals surface area contributed by atoms with Gasteiger partial charge in [-0.15, -0.1) is 35.3 Å². The van der Waals surface area contributed by atoms with Crippen LogP contribution in [-0.4, -0.2) is 118 Å². The Balaban J connectivity index is 5.49. The van der Waals surface area contributed by atoms with Crippen molar-refractivity contribution >= 4 is 102 Å². The van der Waals surface area contributed by atoms with Gasteiger partial charge in [0, 0.05) is 21.1 Å². The van der Waals surface area contributed by atoms with E-state index in [4.69, 9.17) is 12.5 Å². The summed E-state index contributed by atoms with van der Waals surface area (Å²) in [6.07, 6.45) is 0.267. The average molecular weight is 717 g/mol. The predicted octanol–water partition coefficient (Wildman–Crippen LogP) is 2.44. The van der Waals surface area contributed by atoms with Crippen molar-refractivity contribution in [2.24, 2.45) is 15.5 Å². The summed E-state index contributed by atoms with van der Waals surface area (Å²) >= 11 is -3.87. The van der Waals surface area contributed by atoms with Crippen molar-refractivity contribution in [3.05, 3.63) is 0 Å². The van der Waals surface area contributed by atoms with E-state index in [1.807, 2.05) is 0 Å². The topological polar surface area (TPSA) is 205 Å². The van der Waals surface area contributed by atoms with E-state index in [9.17, 15) is 27.0 Å². The Morgan fingerprint density at radius 2 is 0.905 bits per heavy atom. The summed E-state index contributed by atoms with van der Waals surface area (Å²) in [5, 5.41) is 11.8. The van der Waals surface area contributed by atoms with Gasteiger partial charge in [0.15, 0.2) is 0 Å². The van der Waals surface area contributed by atoms with Crippen molar-refractivity contribution in [3.63, 3.8) is 0 Å². The standard InChI is InChI=1S/C18H32N6O12S6/c1-12(37-7)19-33-16(25)22(4)40(28)31-10-15(36-42(30)24(6)18(27)35-21-14(3)39-9)11-32-41(29)23(5)17(26)34-20-13(2)38-8/h15H,10-11H2,1-9H3/b19-12+,20-13+,21-14+. The zero-order valence-electron chi connectivity index (χ0n) is 24.0. The third kappa shape index (κ3) is 16.2. The lowest BCUT2D eigenvalue weighted by atomic mass is 10.4. The van der Waals surface area contributed by atoms with Crippen molar-refractivity contribution in [1.29, 1.82) is 0 Å². The first-order chi connectivity index (χ1) is 19.7. The number of carbonyl (C=O) groups is 3. The molecule has 3 unspecified atom stereocenters. The molecule has 0 aliphatic rings. The Morgan fingerprint density at radius 3 is 1.19 bits per heavy atom. The lowest BCUT2D eigenvalue weighted by Crippen LogP contribution is -2.38. The highest BCUT2D eigenvalue weighted by Crippen LogP contribution is 2.10. The first-order valence-electron chi connectivity index (χ1n) is 11.0. The molecule has 0 fully saturated rings. The largest absolute Gasteiger partial charge is 0.449 e. The molecule has 0 heterocycles. The molecule has 0 rings (SSSR count). The molecule has 24 heteroatoms. The molecule has 0 bridgehead atoms. The minimum atomic E-state index is -2.55. The molecule has 0 aliphatic carbocycles. The van der Waals surface area contributed by atoms with Crippen LogP contribution in [0.5, 0.6) is 0 Å². The van der Waals surface area contributed by atoms with E-state index < -0.39 is 71.4 Å². The Labute approximate surface area is 263 Å². The molecular weight excluding hydrogens is 685 g/mol. The number of carbonyl (C=O) groups excluding carboxylic acids is 3. The minimum Gasteiger partial charge on any atom is -0.296 e. The van der Waals surface area contributed by atoms with Crippen LogP contribution in [0.2, 0.25) is 0 Å². The van der Waals surface area contributed by atoms with Crippen molar-refractivity contribution in [2.75, 3.05) is 53.1 Å².